The summed E-state index contributed by atoms with van der Waals surface area (Å²) in [6.07, 6.45) is 1.53. The van der Waals surface area contributed by atoms with Gasteiger partial charge in [-0.25, -0.2) is 0 Å². The number of halogens is 3. The van der Waals surface area contributed by atoms with Crippen LogP contribution in [0.2, 0.25) is 0 Å². The van der Waals surface area contributed by atoms with Crippen LogP contribution >= 0.6 is 0 Å². The first-order valence-corrected chi connectivity index (χ1v) is 8.68. The number of hydrogen-bond acceptors (Lipinski definition) is 8. The molecule has 14 heteroatoms. The number of hydrazine groups is 2. The lowest BCUT2D eigenvalue weighted by Crippen LogP contribution is -2.52. The average molecular weight is 400 g/mol. The predicted octanol–water partition coefficient (Wildman–Crippen LogP) is 0.576. The van der Waals surface area contributed by atoms with Gasteiger partial charge < -0.3 is 10.2 Å². The molecule has 0 fully saturated rings. The first-order chi connectivity index (χ1) is 12.0. The molecule has 0 amide bonds. The quantitative estimate of drug-likeness (QED) is 0.715. The molecule has 0 saturated carbocycles. The van der Waals surface area contributed by atoms with E-state index in [4.69, 9.17) is 9.57 Å². The van der Waals surface area contributed by atoms with Gasteiger partial charge in [0, 0.05) is 7.05 Å². The highest BCUT2D eigenvalue weighted by Gasteiger charge is 2.46. The second kappa shape index (κ2) is 7.30. The van der Waals surface area contributed by atoms with Crippen molar-refractivity contribution in [3.63, 3.8) is 0 Å². The molecule has 0 aliphatic carbocycles. The Morgan fingerprint density at radius 3 is 2.58 bits per heavy atom. The second-order valence-electron chi connectivity index (χ2n) is 5.28. The van der Waals surface area contributed by atoms with Gasteiger partial charge in [0.25, 0.3) is 0 Å². The minimum Gasteiger partial charge on any atom is -0.498 e. The number of methoxy groups -OCH3 is 1. The molecule has 10 nitrogen and oxygen atoms in total. The van der Waals surface area contributed by atoms with Crippen molar-refractivity contribution in [1.29, 1.82) is 0 Å². The Morgan fingerprint density at radius 1 is 1.38 bits per heavy atom. The van der Waals surface area contributed by atoms with Gasteiger partial charge in [-0.1, -0.05) is 5.17 Å². The molecule has 2 rings (SSSR count). The number of rotatable bonds is 6. The van der Waals surface area contributed by atoms with Crippen molar-refractivity contribution in [1.82, 2.24) is 25.5 Å². The molecule has 0 atom stereocenters. The van der Waals surface area contributed by atoms with Crippen LogP contribution in [0.25, 0.3) is 0 Å². The Labute approximate surface area is 148 Å². The van der Waals surface area contributed by atoms with Crippen molar-refractivity contribution < 1.29 is 31.2 Å². The van der Waals surface area contributed by atoms with Crippen LogP contribution in [-0.2, 0) is 33.2 Å². The first-order valence-electron chi connectivity index (χ1n) is 7.20. The zero-order valence-electron chi connectivity index (χ0n) is 14.5. The normalized spacial score (nSPS) is 17.0. The molecule has 0 bridgehead atoms. The van der Waals surface area contributed by atoms with Gasteiger partial charge in [-0.2, -0.15) is 26.7 Å². The van der Waals surface area contributed by atoms with E-state index in [9.17, 15) is 21.6 Å². The van der Waals surface area contributed by atoms with Crippen molar-refractivity contribution in [2.75, 3.05) is 25.5 Å². The molecule has 0 radical (unpaired) electrons. The van der Waals surface area contributed by atoms with E-state index in [1.54, 1.807) is 4.72 Å². The summed E-state index contributed by atoms with van der Waals surface area (Å²) < 4.78 is 69.0. The molecule has 0 aromatic carbocycles. The summed E-state index contributed by atoms with van der Waals surface area (Å²) in [5.41, 5.74) is -2.57. The molecule has 1 aromatic heterocycles. The Balaban J connectivity index is 2.31. The third-order valence-electron chi connectivity index (χ3n) is 3.66. The van der Waals surface area contributed by atoms with Crippen LogP contribution in [0.4, 0.5) is 18.9 Å². The van der Waals surface area contributed by atoms with Gasteiger partial charge >= 0.3 is 15.5 Å². The predicted molar refractivity (Wildman–Crippen MR) is 84.0 cm³/mol. The van der Waals surface area contributed by atoms with Gasteiger partial charge in [0.2, 0.25) is 0 Å². The van der Waals surface area contributed by atoms with Gasteiger partial charge in [0.15, 0.2) is 0 Å². The van der Waals surface area contributed by atoms with Gasteiger partial charge in [-0.05, 0) is 6.92 Å². The van der Waals surface area contributed by atoms with Gasteiger partial charge in [0.1, 0.15) is 18.0 Å². The summed E-state index contributed by atoms with van der Waals surface area (Å²) in [5, 5.41) is 6.82. The minimum absolute atomic E-state index is 0.0710. The average Bonchev–Trinajstić information content (AvgIpc) is 2.81. The molecule has 1 aliphatic rings. The van der Waals surface area contributed by atoms with Crippen LogP contribution in [0, 0.1) is 6.92 Å². The van der Waals surface area contributed by atoms with Crippen LogP contribution < -0.4 is 10.1 Å². The van der Waals surface area contributed by atoms with E-state index in [2.05, 4.69) is 10.5 Å². The largest absolute Gasteiger partial charge is 0.516 e. The standard InChI is InChI=1S/C12H19F3N6O4S/c1-8-11(18-26(22,23)12(13,14)15)10(17-19(8)2)7-20-16-5-9(24-3)6-21(20)25-4/h5,16,18H,6-7H2,1-4H3. The molecule has 0 unspecified atom stereocenters. The van der Waals surface area contributed by atoms with Crippen LogP contribution in [0.5, 0.6) is 0 Å². The maximum Gasteiger partial charge on any atom is 0.516 e. The Bertz CT molecular complexity index is 792. The number of nitrogens with zero attached hydrogens (tertiary/aromatic N) is 4. The minimum atomic E-state index is -5.57. The number of nitrogens with one attached hydrogen (secondary N) is 2. The van der Waals surface area contributed by atoms with E-state index in [1.165, 1.54) is 49.4 Å². The van der Waals surface area contributed by atoms with Crippen LogP contribution in [-0.4, -0.2) is 54.8 Å². The smallest absolute Gasteiger partial charge is 0.498 e. The molecule has 2 heterocycles. The number of aromatic nitrogens is 2. The highest BCUT2D eigenvalue weighted by atomic mass is 32.2. The number of sulfonamides is 1. The van der Waals surface area contributed by atoms with Gasteiger partial charge in [0.05, 0.1) is 38.3 Å². The SMILES string of the molecule is COC1=CNN(Cc2nn(C)c(C)c2NS(=O)(=O)C(F)(F)F)N(OC)C1. The van der Waals surface area contributed by atoms with Gasteiger partial charge in [-0.15, -0.1) is 5.12 Å². The van der Waals surface area contributed by atoms with Crippen molar-refractivity contribution in [2.45, 2.75) is 19.0 Å². The summed E-state index contributed by atoms with van der Waals surface area (Å²) in [4.78, 5) is 5.16. The van der Waals surface area contributed by atoms with Crippen LogP contribution in [0.3, 0.4) is 0 Å². The third-order valence-corrected chi connectivity index (χ3v) is 4.74. The topological polar surface area (TPSA) is 101 Å². The number of anilines is 1. The molecule has 0 saturated heterocycles. The highest BCUT2D eigenvalue weighted by Crippen LogP contribution is 2.29. The highest BCUT2D eigenvalue weighted by molar-refractivity contribution is 7.93. The Morgan fingerprint density at radius 2 is 2.04 bits per heavy atom. The zero-order valence-corrected chi connectivity index (χ0v) is 15.3. The second-order valence-corrected chi connectivity index (χ2v) is 6.95. The van der Waals surface area contributed by atoms with E-state index in [-0.39, 0.29) is 30.2 Å². The molecule has 26 heavy (non-hydrogen) atoms. The third kappa shape index (κ3) is 4.03. The fraction of sp³-hybridized carbons (Fsp3) is 0.583. The Kier molecular flexibility index (Phi) is 5.70. The summed E-state index contributed by atoms with van der Waals surface area (Å²) in [5.74, 6) is 0.554. The number of ether oxygens (including phenoxy) is 1. The maximum atomic E-state index is 12.7. The fourth-order valence-corrected chi connectivity index (χ4v) is 2.79. The molecule has 1 aliphatic heterocycles. The Hall–Kier alpha value is -2.03. The first kappa shape index (κ1) is 20.3. The molecule has 148 valence electrons. The molecule has 1 aromatic rings. The van der Waals surface area contributed by atoms with E-state index >= 15 is 0 Å². The van der Waals surface area contributed by atoms with E-state index in [0.29, 0.717) is 5.76 Å². The maximum absolute atomic E-state index is 12.7. The van der Waals surface area contributed by atoms with Crippen molar-refractivity contribution in [3.8, 4) is 0 Å². The van der Waals surface area contributed by atoms with E-state index in [0.717, 1.165) is 0 Å². The van der Waals surface area contributed by atoms with Crippen LogP contribution in [0.15, 0.2) is 12.0 Å². The molecule has 0 spiro atoms. The zero-order chi connectivity index (χ0) is 19.7. The summed E-state index contributed by atoms with van der Waals surface area (Å²) in [7, 11) is -1.21. The molecular weight excluding hydrogens is 381 g/mol. The summed E-state index contributed by atoms with van der Waals surface area (Å²) in [6, 6.07) is 0. The number of hydroxylamine groups is 1. The van der Waals surface area contributed by atoms with E-state index < -0.39 is 15.5 Å². The fourth-order valence-electron chi connectivity index (χ4n) is 2.14. The number of alkyl halides is 3. The number of aryl methyl sites for hydroxylation is 1. The van der Waals surface area contributed by atoms with Crippen molar-refractivity contribution in [3.05, 3.63) is 23.3 Å². The summed E-state index contributed by atoms with van der Waals surface area (Å²) >= 11 is 0. The molecular formula is C12H19F3N6O4S. The summed E-state index contributed by atoms with van der Waals surface area (Å²) in [6.45, 7) is 1.60. The lowest BCUT2D eigenvalue weighted by molar-refractivity contribution is -0.292. The van der Waals surface area contributed by atoms with Crippen molar-refractivity contribution in [2.24, 2.45) is 7.05 Å². The van der Waals surface area contributed by atoms with Crippen molar-refractivity contribution >= 4 is 15.7 Å². The van der Waals surface area contributed by atoms with Gasteiger partial charge in [-0.3, -0.25) is 14.2 Å². The van der Waals surface area contributed by atoms with E-state index in [1.807, 2.05) is 0 Å². The molecule has 2 N–H and O–H groups in total. The lowest BCUT2D eigenvalue weighted by atomic mass is 10.3. The lowest BCUT2D eigenvalue weighted by Gasteiger charge is -2.35. The van der Waals surface area contributed by atoms with Crippen LogP contribution in [0.1, 0.15) is 11.4 Å². The monoisotopic (exact) mass is 400 g/mol. The number of hydrogen-bond donors (Lipinski definition) is 2.